The van der Waals surface area contributed by atoms with Crippen molar-refractivity contribution in [3.8, 4) is 0 Å². The van der Waals surface area contributed by atoms with E-state index in [-0.39, 0.29) is 0 Å². The Morgan fingerprint density at radius 1 is 1.47 bits per heavy atom. The first-order valence-corrected chi connectivity index (χ1v) is 5.78. The van der Waals surface area contributed by atoms with Gasteiger partial charge in [0.05, 0.1) is 6.33 Å². The summed E-state index contributed by atoms with van der Waals surface area (Å²) in [6, 6.07) is 0. The first-order valence-electron chi connectivity index (χ1n) is 4.79. The van der Waals surface area contributed by atoms with Crippen molar-refractivity contribution in [3.63, 3.8) is 0 Å². The Morgan fingerprint density at radius 2 is 2.27 bits per heavy atom. The van der Waals surface area contributed by atoms with Gasteiger partial charge < -0.3 is 10.3 Å². The van der Waals surface area contributed by atoms with Crippen LogP contribution < -0.4 is 5.73 Å². The molecule has 0 radical (unpaired) electrons. The van der Waals surface area contributed by atoms with Crippen LogP contribution in [0.5, 0.6) is 0 Å². The van der Waals surface area contributed by atoms with Gasteiger partial charge in [0.1, 0.15) is 5.52 Å². The molecule has 6 heteroatoms. The highest BCUT2D eigenvalue weighted by molar-refractivity contribution is 7.99. The van der Waals surface area contributed by atoms with Gasteiger partial charge in [-0.05, 0) is 6.42 Å². The van der Waals surface area contributed by atoms with Crippen molar-refractivity contribution < 1.29 is 0 Å². The number of nitrogens with zero attached hydrogens (tertiary/aromatic N) is 4. The van der Waals surface area contributed by atoms with E-state index in [1.165, 1.54) is 0 Å². The van der Waals surface area contributed by atoms with Crippen molar-refractivity contribution >= 4 is 28.7 Å². The zero-order valence-corrected chi connectivity index (χ0v) is 9.58. The van der Waals surface area contributed by atoms with Gasteiger partial charge in [-0.15, -0.1) is 0 Å². The molecule has 15 heavy (non-hydrogen) atoms. The fourth-order valence-electron chi connectivity index (χ4n) is 1.27. The molecule has 0 atom stereocenters. The molecule has 0 amide bonds. The number of nitrogens with two attached hydrogens (primary N) is 1. The normalized spacial score (nSPS) is 11.1. The standard InChI is InChI=1S/C9H13N5S/c1-3-4-15-9-12-7(10)6-8(13-9)14(2)5-11-6/h5H,3-4H2,1-2H3,(H2,10,12,13). The van der Waals surface area contributed by atoms with Gasteiger partial charge in [-0.25, -0.2) is 15.0 Å². The summed E-state index contributed by atoms with van der Waals surface area (Å²) in [4.78, 5) is 12.8. The van der Waals surface area contributed by atoms with E-state index < -0.39 is 0 Å². The van der Waals surface area contributed by atoms with Crippen molar-refractivity contribution in [2.24, 2.45) is 7.05 Å². The highest BCUT2D eigenvalue weighted by Crippen LogP contribution is 2.21. The molecular weight excluding hydrogens is 210 g/mol. The van der Waals surface area contributed by atoms with Crippen LogP contribution >= 0.6 is 11.8 Å². The Labute approximate surface area is 92.1 Å². The van der Waals surface area contributed by atoms with Gasteiger partial charge in [-0.3, -0.25) is 0 Å². The number of rotatable bonds is 3. The molecule has 0 unspecified atom stereocenters. The minimum Gasteiger partial charge on any atom is -0.382 e. The Bertz CT molecular complexity index is 479. The molecule has 0 aliphatic rings. The zero-order chi connectivity index (χ0) is 10.8. The Hall–Kier alpha value is -1.30. The number of imidazole rings is 1. The van der Waals surface area contributed by atoms with E-state index in [0.717, 1.165) is 23.0 Å². The third-order valence-corrected chi connectivity index (χ3v) is 3.05. The maximum absolute atomic E-state index is 5.80. The van der Waals surface area contributed by atoms with E-state index >= 15 is 0 Å². The molecule has 0 aliphatic heterocycles. The minimum absolute atomic E-state index is 0.458. The fourth-order valence-corrected chi connectivity index (χ4v) is 1.97. The van der Waals surface area contributed by atoms with Crippen LogP contribution in [0.2, 0.25) is 0 Å². The van der Waals surface area contributed by atoms with Crippen LogP contribution in [-0.4, -0.2) is 25.3 Å². The Balaban J connectivity index is 2.45. The second-order valence-corrected chi connectivity index (χ2v) is 4.33. The average Bonchev–Trinajstić information content (AvgIpc) is 2.58. The van der Waals surface area contributed by atoms with Gasteiger partial charge in [0.2, 0.25) is 0 Å². The van der Waals surface area contributed by atoms with Crippen molar-refractivity contribution in [3.05, 3.63) is 6.33 Å². The zero-order valence-electron chi connectivity index (χ0n) is 8.77. The first-order chi connectivity index (χ1) is 7.22. The third kappa shape index (κ3) is 1.90. The molecule has 2 rings (SSSR count). The highest BCUT2D eigenvalue weighted by atomic mass is 32.2. The molecule has 0 aliphatic carbocycles. The molecule has 0 saturated heterocycles. The SMILES string of the molecule is CCCSc1nc(N)c2ncn(C)c2n1. The summed E-state index contributed by atoms with van der Waals surface area (Å²) in [5, 5.41) is 0.727. The number of fused-ring (bicyclic) bond motifs is 1. The van der Waals surface area contributed by atoms with E-state index in [4.69, 9.17) is 5.73 Å². The van der Waals surface area contributed by atoms with E-state index in [1.807, 2.05) is 11.6 Å². The van der Waals surface area contributed by atoms with Crippen molar-refractivity contribution in [1.82, 2.24) is 19.5 Å². The van der Waals surface area contributed by atoms with Gasteiger partial charge in [-0.2, -0.15) is 0 Å². The number of hydrogen-bond acceptors (Lipinski definition) is 5. The summed E-state index contributed by atoms with van der Waals surface area (Å²) in [6.07, 6.45) is 2.79. The quantitative estimate of drug-likeness (QED) is 0.630. The van der Waals surface area contributed by atoms with E-state index in [2.05, 4.69) is 21.9 Å². The number of aryl methyl sites for hydroxylation is 1. The van der Waals surface area contributed by atoms with E-state index in [1.54, 1.807) is 18.1 Å². The lowest BCUT2D eigenvalue weighted by Gasteiger charge is -2.01. The summed E-state index contributed by atoms with van der Waals surface area (Å²) < 4.78 is 1.85. The van der Waals surface area contributed by atoms with Crippen LogP contribution in [0.25, 0.3) is 11.2 Å². The molecule has 2 aromatic rings. The third-order valence-electron chi connectivity index (χ3n) is 2.00. The maximum atomic E-state index is 5.80. The van der Waals surface area contributed by atoms with Crippen LogP contribution in [-0.2, 0) is 7.05 Å². The maximum Gasteiger partial charge on any atom is 0.191 e. The second-order valence-electron chi connectivity index (χ2n) is 3.27. The second kappa shape index (κ2) is 4.06. The average molecular weight is 223 g/mol. The number of nitrogen functional groups attached to an aromatic ring is 1. The summed E-state index contributed by atoms with van der Waals surface area (Å²) >= 11 is 1.62. The minimum atomic E-state index is 0.458. The van der Waals surface area contributed by atoms with Gasteiger partial charge in [-0.1, -0.05) is 18.7 Å². The molecule has 0 spiro atoms. The topological polar surface area (TPSA) is 69.6 Å². The van der Waals surface area contributed by atoms with Gasteiger partial charge in [0.15, 0.2) is 16.6 Å². The summed E-state index contributed by atoms with van der Waals surface area (Å²) in [7, 11) is 1.90. The predicted molar refractivity (Wildman–Crippen MR) is 61.7 cm³/mol. The first kappa shape index (κ1) is 10.2. The molecular formula is C9H13N5S. The molecule has 2 heterocycles. The summed E-state index contributed by atoms with van der Waals surface area (Å²) in [5.41, 5.74) is 7.27. The van der Waals surface area contributed by atoms with Crippen molar-refractivity contribution in [1.29, 1.82) is 0 Å². The van der Waals surface area contributed by atoms with Crippen LogP contribution in [0.4, 0.5) is 5.82 Å². The van der Waals surface area contributed by atoms with Crippen LogP contribution in [0.1, 0.15) is 13.3 Å². The smallest absolute Gasteiger partial charge is 0.191 e. The van der Waals surface area contributed by atoms with Crippen molar-refractivity contribution in [2.75, 3.05) is 11.5 Å². The predicted octanol–water partition coefficient (Wildman–Crippen LogP) is 1.45. The van der Waals surface area contributed by atoms with Crippen LogP contribution in [0, 0.1) is 0 Å². The molecule has 5 nitrogen and oxygen atoms in total. The Kier molecular flexibility index (Phi) is 2.77. The lowest BCUT2D eigenvalue weighted by molar-refractivity contribution is 0.901. The number of hydrogen-bond donors (Lipinski definition) is 1. The number of thioether (sulfide) groups is 1. The molecule has 2 aromatic heterocycles. The molecule has 0 aromatic carbocycles. The summed E-state index contributed by atoms with van der Waals surface area (Å²) in [6.45, 7) is 2.12. The lowest BCUT2D eigenvalue weighted by Crippen LogP contribution is -1.98. The largest absolute Gasteiger partial charge is 0.382 e. The molecule has 2 N–H and O–H groups in total. The lowest BCUT2D eigenvalue weighted by atomic mass is 10.5. The van der Waals surface area contributed by atoms with Crippen LogP contribution in [0.15, 0.2) is 11.5 Å². The van der Waals surface area contributed by atoms with Gasteiger partial charge in [0, 0.05) is 12.8 Å². The van der Waals surface area contributed by atoms with E-state index in [9.17, 15) is 0 Å². The molecule has 80 valence electrons. The molecule has 0 saturated carbocycles. The molecule has 0 fully saturated rings. The fraction of sp³-hybridized carbons (Fsp3) is 0.444. The monoisotopic (exact) mass is 223 g/mol. The van der Waals surface area contributed by atoms with Gasteiger partial charge >= 0.3 is 0 Å². The number of anilines is 1. The summed E-state index contributed by atoms with van der Waals surface area (Å²) in [5.74, 6) is 1.46. The van der Waals surface area contributed by atoms with Gasteiger partial charge in [0.25, 0.3) is 0 Å². The van der Waals surface area contributed by atoms with Crippen LogP contribution in [0.3, 0.4) is 0 Å². The van der Waals surface area contributed by atoms with E-state index in [0.29, 0.717) is 11.3 Å². The Morgan fingerprint density at radius 3 is 3.00 bits per heavy atom. The van der Waals surface area contributed by atoms with Crippen molar-refractivity contribution in [2.45, 2.75) is 18.5 Å². The molecule has 0 bridgehead atoms. The highest BCUT2D eigenvalue weighted by Gasteiger charge is 2.09. The number of aromatic nitrogens is 4.